The summed E-state index contributed by atoms with van der Waals surface area (Å²) >= 11 is 0. The molecule has 0 radical (unpaired) electrons. The summed E-state index contributed by atoms with van der Waals surface area (Å²) in [6, 6.07) is 8.07. The van der Waals surface area contributed by atoms with Crippen molar-refractivity contribution in [1.29, 1.82) is 0 Å². The molecule has 3 rings (SSSR count). The topological polar surface area (TPSA) is 17.1 Å². The van der Waals surface area contributed by atoms with Gasteiger partial charge in [0, 0.05) is 5.57 Å². The second kappa shape index (κ2) is 3.06. The van der Waals surface area contributed by atoms with Gasteiger partial charge in [0.2, 0.25) is 0 Å². The quantitative estimate of drug-likeness (QED) is 0.620. The van der Waals surface area contributed by atoms with Crippen molar-refractivity contribution in [2.45, 2.75) is 5.92 Å². The monoisotopic (exact) mass is 194 g/mol. The lowest BCUT2D eigenvalue weighted by molar-refractivity contribution is -0.115. The first kappa shape index (κ1) is 8.42. The van der Waals surface area contributed by atoms with Crippen LogP contribution in [0.25, 0.3) is 6.08 Å². The molecule has 1 unspecified atom stereocenters. The predicted molar refractivity (Wildman–Crippen MR) is 60.4 cm³/mol. The summed E-state index contributed by atoms with van der Waals surface area (Å²) in [6.45, 7) is 0. The SMILES string of the molecule is O=C1C2=Cc3ccccc3C1C=CC=C2. The van der Waals surface area contributed by atoms with E-state index in [9.17, 15) is 4.79 Å². The van der Waals surface area contributed by atoms with E-state index in [-0.39, 0.29) is 11.7 Å². The van der Waals surface area contributed by atoms with E-state index in [1.165, 1.54) is 0 Å². The summed E-state index contributed by atoms with van der Waals surface area (Å²) in [6.07, 6.45) is 9.70. The number of carbonyl (C=O) groups is 1. The Balaban J connectivity index is 2.30. The maximum atomic E-state index is 12.0. The number of allylic oxidation sites excluding steroid dienone is 5. The third kappa shape index (κ3) is 1.20. The first-order valence-electron chi connectivity index (χ1n) is 5.06. The summed E-state index contributed by atoms with van der Waals surface area (Å²) in [7, 11) is 0. The molecular formula is C14H10O. The second-order valence-electron chi connectivity index (χ2n) is 3.81. The molecule has 2 aliphatic rings. The number of ketones is 1. The molecule has 1 aromatic carbocycles. The Bertz CT molecular complexity index is 518. The Kier molecular flexibility index (Phi) is 1.72. The molecule has 2 bridgehead atoms. The van der Waals surface area contributed by atoms with Gasteiger partial charge in [-0.2, -0.15) is 0 Å². The van der Waals surface area contributed by atoms with Crippen LogP contribution in [0, 0.1) is 0 Å². The van der Waals surface area contributed by atoms with Crippen LogP contribution in [0.5, 0.6) is 0 Å². The highest BCUT2D eigenvalue weighted by Crippen LogP contribution is 2.33. The zero-order chi connectivity index (χ0) is 10.3. The summed E-state index contributed by atoms with van der Waals surface area (Å²) < 4.78 is 0. The highest BCUT2D eigenvalue weighted by molar-refractivity contribution is 6.10. The third-order valence-corrected chi connectivity index (χ3v) is 2.90. The van der Waals surface area contributed by atoms with E-state index in [4.69, 9.17) is 0 Å². The molecule has 72 valence electrons. The lowest BCUT2D eigenvalue weighted by atomic mass is 9.83. The fourth-order valence-electron chi connectivity index (χ4n) is 2.14. The van der Waals surface area contributed by atoms with Crippen LogP contribution in [0.2, 0.25) is 0 Å². The summed E-state index contributed by atoms with van der Waals surface area (Å²) in [5.41, 5.74) is 3.09. The van der Waals surface area contributed by atoms with E-state index in [0.717, 1.165) is 16.7 Å². The maximum absolute atomic E-state index is 12.0. The number of hydrogen-bond donors (Lipinski definition) is 0. The molecule has 1 atom stereocenters. The van der Waals surface area contributed by atoms with Gasteiger partial charge in [0.05, 0.1) is 5.92 Å². The highest BCUT2D eigenvalue weighted by Gasteiger charge is 2.26. The highest BCUT2D eigenvalue weighted by atomic mass is 16.1. The van der Waals surface area contributed by atoms with Crippen molar-refractivity contribution in [3.8, 4) is 0 Å². The molecule has 0 aliphatic heterocycles. The number of benzene rings is 1. The van der Waals surface area contributed by atoms with Crippen LogP contribution in [0.4, 0.5) is 0 Å². The van der Waals surface area contributed by atoms with Crippen LogP contribution in [0.3, 0.4) is 0 Å². The van der Waals surface area contributed by atoms with Crippen LogP contribution >= 0.6 is 0 Å². The maximum Gasteiger partial charge on any atom is 0.174 e. The van der Waals surface area contributed by atoms with Crippen LogP contribution in [-0.4, -0.2) is 5.78 Å². The molecule has 1 aromatic rings. The average Bonchev–Trinajstić information content (AvgIpc) is 2.39. The first-order valence-corrected chi connectivity index (χ1v) is 5.06. The number of carbonyl (C=O) groups excluding carboxylic acids is 1. The minimum absolute atomic E-state index is 0.0869. The van der Waals surface area contributed by atoms with Crippen molar-refractivity contribution in [3.63, 3.8) is 0 Å². The van der Waals surface area contributed by atoms with Crippen LogP contribution in [0.15, 0.2) is 54.1 Å². The van der Waals surface area contributed by atoms with E-state index in [0.29, 0.717) is 0 Å². The fraction of sp³-hybridized carbons (Fsp3) is 0.0714. The van der Waals surface area contributed by atoms with E-state index >= 15 is 0 Å². The minimum atomic E-state index is -0.0869. The summed E-state index contributed by atoms with van der Waals surface area (Å²) in [5, 5.41) is 0. The van der Waals surface area contributed by atoms with Crippen molar-refractivity contribution in [2.75, 3.05) is 0 Å². The van der Waals surface area contributed by atoms with E-state index < -0.39 is 0 Å². The molecule has 0 amide bonds. The summed E-state index contributed by atoms with van der Waals surface area (Å²) in [4.78, 5) is 12.0. The third-order valence-electron chi connectivity index (χ3n) is 2.90. The van der Waals surface area contributed by atoms with Gasteiger partial charge in [-0.1, -0.05) is 48.6 Å². The van der Waals surface area contributed by atoms with Crippen molar-refractivity contribution in [3.05, 3.63) is 65.3 Å². The van der Waals surface area contributed by atoms with Gasteiger partial charge in [0.15, 0.2) is 5.78 Å². The lowest BCUT2D eigenvalue weighted by Gasteiger charge is -2.19. The van der Waals surface area contributed by atoms with Gasteiger partial charge in [-0.15, -0.1) is 0 Å². The minimum Gasteiger partial charge on any atom is -0.293 e. The Morgan fingerprint density at radius 2 is 1.93 bits per heavy atom. The Morgan fingerprint density at radius 3 is 2.87 bits per heavy atom. The van der Waals surface area contributed by atoms with Gasteiger partial charge in [0.25, 0.3) is 0 Å². The zero-order valence-electron chi connectivity index (χ0n) is 8.18. The molecule has 2 aliphatic carbocycles. The molecule has 0 saturated heterocycles. The normalized spacial score (nSPS) is 22.0. The van der Waals surface area contributed by atoms with E-state index in [1.54, 1.807) is 0 Å². The largest absolute Gasteiger partial charge is 0.293 e. The molecular weight excluding hydrogens is 184 g/mol. The molecule has 0 heterocycles. The Labute approximate surface area is 88.4 Å². The van der Waals surface area contributed by atoms with E-state index in [2.05, 4.69) is 6.07 Å². The Hall–Kier alpha value is -1.89. The standard InChI is InChI=1S/C14H10O/c15-14-11-6-2-4-8-13(14)12-7-3-1-5-10(12)9-11/h1-9,13H. The molecule has 0 spiro atoms. The molecule has 1 nitrogen and oxygen atoms in total. The average molecular weight is 194 g/mol. The van der Waals surface area contributed by atoms with Gasteiger partial charge in [-0.25, -0.2) is 0 Å². The van der Waals surface area contributed by atoms with Crippen LogP contribution < -0.4 is 0 Å². The number of hydrogen-bond acceptors (Lipinski definition) is 1. The number of rotatable bonds is 0. The van der Waals surface area contributed by atoms with Gasteiger partial charge >= 0.3 is 0 Å². The summed E-state index contributed by atoms with van der Waals surface area (Å²) in [5.74, 6) is 0.120. The van der Waals surface area contributed by atoms with Crippen molar-refractivity contribution in [2.24, 2.45) is 0 Å². The molecule has 0 N–H and O–H groups in total. The van der Waals surface area contributed by atoms with Gasteiger partial charge in [-0.3, -0.25) is 4.79 Å². The number of fused-ring (bicyclic) bond motifs is 4. The smallest absolute Gasteiger partial charge is 0.174 e. The van der Waals surface area contributed by atoms with Crippen molar-refractivity contribution >= 4 is 11.9 Å². The molecule has 15 heavy (non-hydrogen) atoms. The lowest BCUT2D eigenvalue weighted by Crippen LogP contribution is -2.16. The zero-order valence-corrected chi connectivity index (χ0v) is 8.18. The predicted octanol–water partition coefficient (Wildman–Crippen LogP) is 2.86. The van der Waals surface area contributed by atoms with Crippen molar-refractivity contribution < 1.29 is 4.79 Å². The van der Waals surface area contributed by atoms with Gasteiger partial charge < -0.3 is 0 Å². The first-order chi connectivity index (χ1) is 7.36. The molecule has 1 heteroatoms. The fourth-order valence-corrected chi connectivity index (χ4v) is 2.14. The second-order valence-corrected chi connectivity index (χ2v) is 3.81. The molecule has 0 fully saturated rings. The van der Waals surface area contributed by atoms with Crippen molar-refractivity contribution in [1.82, 2.24) is 0 Å². The van der Waals surface area contributed by atoms with Gasteiger partial charge in [-0.05, 0) is 17.2 Å². The Morgan fingerprint density at radius 1 is 1.07 bits per heavy atom. The van der Waals surface area contributed by atoms with E-state index in [1.807, 2.05) is 48.6 Å². The van der Waals surface area contributed by atoms with Crippen LogP contribution in [-0.2, 0) is 4.79 Å². The van der Waals surface area contributed by atoms with Crippen LogP contribution in [0.1, 0.15) is 17.0 Å². The number of Topliss-reactive ketones (excluding diaryl/α,β-unsaturated/α-hetero) is 1. The molecule has 0 saturated carbocycles. The molecule has 0 aromatic heterocycles. The van der Waals surface area contributed by atoms with Gasteiger partial charge in [0.1, 0.15) is 0 Å².